The zero-order valence-corrected chi connectivity index (χ0v) is 12.9. The summed E-state index contributed by atoms with van der Waals surface area (Å²) in [6, 6.07) is 14.0. The van der Waals surface area contributed by atoms with Crippen LogP contribution in [0.2, 0.25) is 5.15 Å². The molecule has 1 N–H and O–H groups in total. The van der Waals surface area contributed by atoms with Crippen LogP contribution in [-0.4, -0.2) is 19.9 Å². The molecule has 4 rings (SSSR count). The molecule has 0 saturated carbocycles. The van der Waals surface area contributed by atoms with E-state index in [9.17, 15) is 0 Å². The summed E-state index contributed by atoms with van der Waals surface area (Å²) < 4.78 is 0. The highest BCUT2D eigenvalue weighted by Gasteiger charge is 2.20. The van der Waals surface area contributed by atoms with E-state index in [1.54, 1.807) is 12.5 Å². The van der Waals surface area contributed by atoms with Gasteiger partial charge in [0.1, 0.15) is 5.15 Å². The Morgan fingerprint density at radius 2 is 1.91 bits per heavy atom. The molecule has 4 nitrogen and oxygen atoms in total. The molecule has 0 aliphatic rings. The summed E-state index contributed by atoms with van der Waals surface area (Å²) in [6.07, 6.45) is 7.15. The van der Waals surface area contributed by atoms with E-state index in [0.717, 1.165) is 27.7 Å². The van der Waals surface area contributed by atoms with Crippen LogP contribution in [0.5, 0.6) is 0 Å². The second-order valence-corrected chi connectivity index (χ2v) is 5.66. The second-order valence-electron chi connectivity index (χ2n) is 5.27. The van der Waals surface area contributed by atoms with Gasteiger partial charge in [0.05, 0.1) is 17.8 Å². The first kappa shape index (κ1) is 13.9. The Bertz CT molecular complexity index is 928. The lowest BCUT2D eigenvalue weighted by Crippen LogP contribution is -2.05. The molecule has 0 amide bonds. The van der Waals surface area contributed by atoms with Crippen molar-refractivity contribution in [2.45, 2.75) is 5.92 Å². The number of nitrogens with zero attached hydrogens (tertiary/aromatic N) is 3. The summed E-state index contributed by atoms with van der Waals surface area (Å²) in [5, 5.41) is 1.60. The smallest absolute Gasteiger partial charge is 0.129 e. The third-order valence-electron chi connectivity index (χ3n) is 3.90. The van der Waals surface area contributed by atoms with E-state index in [4.69, 9.17) is 11.6 Å². The minimum atomic E-state index is -0.00448. The highest BCUT2D eigenvalue weighted by atomic mass is 35.5. The van der Waals surface area contributed by atoms with Gasteiger partial charge in [0.25, 0.3) is 0 Å². The number of pyridine rings is 2. The maximum Gasteiger partial charge on any atom is 0.129 e. The van der Waals surface area contributed by atoms with Crippen LogP contribution >= 0.6 is 11.6 Å². The number of hydrogen-bond donors (Lipinski definition) is 1. The predicted molar refractivity (Wildman–Crippen MR) is 90.5 cm³/mol. The van der Waals surface area contributed by atoms with Crippen LogP contribution in [0.1, 0.15) is 22.7 Å². The Hall–Kier alpha value is -2.72. The first-order valence-electron chi connectivity index (χ1n) is 7.26. The van der Waals surface area contributed by atoms with Crippen LogP contribution in [0.25, 0.3) is 10.9 Å². The van der Waals surface area contributed by atoms with Gasteiger partial charge in [-0.05, 0) is 29.3 Å². The molecule has 112 valence electrons. The maximum atomic E-state index is 5.94. The van der Waals surface area contributed by atoms with Crippen molar-refractivity contribution in [1.82, 2.24) is 19.9 Å². The van der Waals surface area contributed by atoms with Gasteiger partial charge in [-0.25, -0.2) is 9.97 Å². The fraction of sp³-hybridized carbons (Fsp3) is 0.0556. The standard InChI is InChI=1S/C18H13ClN4/c19-17-7-6-12(9-22-17)18(16-10-20-11-23-16)14-3-1-5-15-13(14)4-2-8-21-15/h1-11,18H,(H,20,23). The maximum absolute atomic E-state index is 5.94. The van der Waals surface area contributed by atoms with Crippen LogP contribution in [0.4, 0.5) is 0 Å². The van der Waals surface area contributed by atoms with Gasteiger partial charge in [0, 0.05) is 29.7 Å². The molecule has 3 heterocycles. The number of halogens is 1. The molecule has 3 aromatic heterocycles. The summed E-state index contributed by atoms with van der Waals surface area (Å²) in [4.78, 5) is 16.1. The van der Waals surface area contributed by atoms with Gasteiger partial charge in [-0.1, -0.05) is 35.9 Å². The molecule has 5 heteroatoms. The van der Waals surface area contributed by atoms with Crippen molar-refractivity contribution in [1.29, 1.82) is 0 Å². The monoisotopic (exact) mass is 320 g/mol. The summed E-state index contributed by atoms with van der Waals surface area (Å²) in [5.74, 6) is -0.00448. The van der Waals surface area contributed by atoms with Gasteiger partial charge < -0.3 is 4.98 Å². The Kier molecular flexibility index (Phi) is 3.52. The minimum Gasteiger partial charge on any atom is -0.348 e. The summed E-state index contributed by atoms with van der Waals surface area (Å²) in [6.45, 7) is 0. The highest BCUT2D eigenvalue weighted by Crippen LogP contribution is 2.34. The summed E-state index contributed by atoms with van der Waals surface area (Å²) >= 11 is 5.94. The lowest BCUT2D eigenvalue weighted by atomic mass is 9.87. The highest BCUT2D eigenvalue weighted by molar-refractivity contribution is 6.29. The summed E-state index contributed by atoms with van der Waals surface area (Å²) in [5.41, 5.74) is 4.18. The Morgan fingerprint density at radius 1 is 0.957 bits per heavy atom. The van der Waals surface area contributed by atoms with Gasteiger partial charge in [-0.2, -0.15) is 0 Å². The zero-order chi connectivity index (χ0) is 15.6. The number of rotatable bonds is 3. The summed E-state index contributed by atoms with van der Waals surface area (Å²) in [7, 11) is 0. The van der Waals surface area contributed by atoms with Gasteiger partial charge in [-0.3, -0.25) is 4.98 Å². The number of imidazole rings is 1. The van der Waals surface area contributed by atoms with Gasteiger partial charge >= 0.3 is 0 Å². The number of aromatic nitrogens is 4. The first-order chi connectivity index (χ1) is 11.3. The quantitative estimate of drug-likeness (QED) is 0.576. The topological polar surface area (TPSA) is 54.5 Å². The number of H-pyrrole nitrogens is 1. The van der Waals surface area contributed by atoms with E-state index in [0.29, 0.717) is 5.15 Å². The molecule has 4 aromatic rings. The fourth-order valence-electron chi connectivity index (χ4n) is 2.89. The number of hydrogen-bond acceptors (Lipinski definition) is 3. The van der Waals surface area contributed by atoms with E-state index in [1.807, 2.05) is 42.7 Å². The van der Waals surface area contributed by atoms with Crippen molar-refractivity contribution in [3.05, 3.63) is 89.4 Å². The molecule has 1 unspecified atom stereocenters. The molecule has 23 heavy (non-hydrogen) atoms. The van der Waals surface area contributed by atoms with Crippen LogP contribution in [0.3, 0.4) is 0 Å². The van der Waals surface area contributed by atoms with E-state index in [-0.39, 0.29) is 5.92 Å². The molecule has 1 aromatic carbocycles. The molecular formula is C18H13ClN4. The average molecular weight is 321 g/mol. The van der Waals surface area contributed by atoms with Crippen molar-refractivity contribution < 1.29 is 0 Å². The fourth-order valence-corrected chi connectivity index (χ4v) is 3.00. The Balaban J connectivity index is 1.96. The average Bonchev–Trinajstić information content (AvgIpc) is 3.11. The number of aromatic amines is 1. The Morgan fingerprint density at radius 3 is 2.70 bits per heavy atom. The molecule has 0 radical (unpaired) electrons. The number of nitrogens with one attached hydrogen (secondary N) is 1. The van der Waals surface area contributed by atoms with E-state index >= 15 is 0 Å². The predicted octanol–water partition coefficient (Wildman–Crippen LogP) is 4.19. The molecule has 0 fully saturated rings. The first-order valence-corrected chi connectivity index (χ1v) is 7.64. The van der Waals surface area contributed by atoms with Gasteiger partial charge in [-0.15, -0.1) is 0 Å². The lowest BCUT2D eigenvalue weighted by molar-refractivity contribution is 0.931. The largest absolute Gasteiger partial charge is 0.348 e. The number of benzene rings is 1. The molecule has 0 aliphatic heterocycles. The van der Waals surface area contributed by atoms with E-state index in [1.165, 1.54) is 0 Å². The molecule has 0 aliphatic carbocycles. The minimum absolute atomic E-state index is 0.00448. The van der Waals surface area contributed by atoms with Crippen molar-refractivity contribution in [3.63, 3.8) is 0 Å². The molecule has 0 saturated heterocycles. The molecular weight excluding hydrogens is 308 g/mol. The SMILES string of the molecule is Clc1ccc(C(c2cnc[nH]2)c2cccc3ncccc23)cn1. The van der Waals surface area contributed by atoms with E-state index in [2.05, 4.69) is 32.1 Å². The van der Waals surface area contributed by atoms with Gasteiger partial charge in [0.2, 0.25) is 0 Å². The van der Waals surface area contributed by atoms with Gasteiger partial charge in [0.15, 0.2) is 0 Å². The van der Waals surface area contributed by atoms with E-state index < -0.39 is 0 Å². The third kappa shape index (κ3) is 2.58. The van der Waals surface area contributed by atoms with Crippen LogP contribution in [0.15, 0.2) is 67.4 Å². The molecule has 1 atom stereocenters. The van der Waals surface area contributed by atoms with Crippen LogP contribution in [0, 0.1) is 0 Å². The molecule has 0 spiro atoms. The lowest BCUT2D eigenvalue weighted by Gasteiger charge is -2.18. The molecule has 0 bridgehead atoms. The van der Waals surface area contributed by atoms with Crippen molar-refractivity contribution in [2.24, 2.45) is 0 Å². The van der Waals surface area contributed by atoms with Crippen LogP contribution in [-0.2, 0) is 0 Å². The van der Waals surface area contributed by atoms with Crippen LogP contribution < -0.4 is 0 Å². The third-order valence-corrected chi connectivity index (χ3v) is 4.13. The normalized spacial score (nSPS) is 12.4. The van der Waals surface area contributed by atoms with Crippen molar-refractivity contribution in [3.8, 4) is 0 Å². The second kappa shape index (κ2) is 5.82. The Labute approximate surface area is 138 Å². The zero-order valence-electron chi connectivity index (χ0n) is 12.1. The van der Waals surface area contributed by atoms with Crippen molar-refractivity contribution >= 4 is 22.5 Å². The van der Waals surface area contributed by atoms with Crippen molar-refractivity contribution in [2.75, 3.05) is 0 Å². The number of fused-ring (bicyclic) bond motifs is 1.